The fourth-order valence-electron chi connectivity index (χ4n) is 2.41. The Balaban J connectivity index is 1.99. The second-order valence-corrected chi connectivity index (χ2v) is 4.40. The van der Waals surface area contributed by atoms with E-state index in [0.29, 0.717) is 0 Å². The van der Waals surface area contributed by atoms with Gasteiger partial charge in [0.2, 0.25) is 0 Å². The quantitative estimate of drug-likeness (QED) is 0.682. The smallest absolute Gasteiger partial charge is 0.0490 e. The summed E-state index contributed by atoms with van der Waals surface area (Å²) in [5, 5.41) is 0. The third kappa shape index (κ3) is 1.25. The highest BCUT2D eigenvalue weighted by Crippen LogP contribution is 2.38. The van der Waals surface area contributed by atoms with Crippen molar-refractivity contribution in [2.75, 3.05) is 11.4 Å². The minimum atomic E-state index is 0.996. The van der Waals surface area contributed by atoms with Crippen molar-refractivity contribution in [1.29, 1.82) is 0 Å². The van der Waals surface area contributed by atoms with Gasteiger partial charge in [-0.1, -0.05) is 24.3 Å². The highest BCUT2D eigenvalue weighted by molar-refractivity contribution is 5.70. The summed E-state index contributed by atoms with van der Waals surface area (Å²) in [6.07, 6.45) is 4.62. The number of nitrogens with zero attached hydrogens (tertiary/aromatic N) is 1. The number of hydrogen-bond donors (Lipinski definition) is 0. The summed E-state index contributed by atoms with van der Waals surface area (Å²) in [4.78, 5) is 2.37. The lowest BCUT2D eigenvalue weighted by atomic mass is 10.1. The number of anilines is 1. The molecule has 2 aliphatic rings. The molecule has 1 aliphatic heterocycles. The van der Waals surface area contributed by atoms with Crippen LogP contribution in [0.15, 0.2) is 64.9 Å². The molecule has 80 valence electrons. The Bertz CT molecular complexity index is 518. The molecule has 0 N–H and O–H groups in total. The van der Waals surface area contributed by atoms with Crippen LogP contribution < -0.4 is 4.90 Å². The van der Waals surface area contributed by atoms with Crippen LogP contribution in [0.4, 0.5) is 5.69 Å². The number of rotatable bonds is 1. The first-order chi connectivity index (χ1) is 7.77. The van der Waals surface area contributed by atoms with Crippen LogP contribution in [0, 0.1) is 0 Å². The molecule has 0 saturated heterocycles. The van der Waals surface area contributed by atoms with Crippen molar-refractivity contribution in [3.63, 3.8) is 0 Å². The minimum absolute atomic E-state index is 0.996. The van der Waals surface area contributed by atoms with Crippen LogP contribution in [0.5, 0.6) is 0 Å². The normalized spacial score (nSPS) is 18.8. The zero-order chi connectivity index (χ0) is 11.1. The van der Waals surface area contributed by atoms with Crippen molar-refractivity contribution >= 4 is 5.69 Å². The molecule has 1 aromatic rings. The zero-order valence-electron chi connectivity index (χ0n) is 9.70. The molecule has 0 fully saturated rings. The fourth-order valence-corrected chi connectivity index (χ4v) is 2.41. The maximum Gasteiger partial charge on any atom is 0.0490 e. The summed E-state index contributed by atoms with van der Waals surface area (Å²) in [6, 6.07) is 10.6. The Morgan fingerprint density at radius 1 is 1.06 bits per heavy atom. The largest absolute Gasteiger partial charge is 0.337 e. The van der Waals surface area contributed by atoms with E-state index in [4.69, 9.17) is 0 Å². The topological polar surface area (TPSA) is 3.24 Å². The molecule has 1 aromatic carbocycles. The maximum absolute atomic E-state index is 2.37. The molecule has 0 unspecified atom stereocenters. The third-order valence-corrected chi connectivity index (χ3v) is 3.46. The molecule has 0 saturated carbocycles. The number of fused-ring (bicyclic) bond motifs is 1. The predicted octanol–water partition coefficient (Wildman–Crippen LogP) is 3.67. The standard InChI is InChI=1S/C15H15N/c1-11-10-15-14(12(11)2)8-9-16(15)13-6-4-3-5-7-13/h3-8,10H,9H2,1-2H3. The maximum atomic E-state index is 2.37. The van der Waals surface area contributed by atoms with Crippen LogP contribution in [-0.2, 0) is 0 Å². The molecule has 16 heavy (non-hydrogen) atoms. The molecule has 3 rings (SSSR count). The van der Waals surface area contributed by atoms with E-state index in [2.05, 4.69) is 61.2 Å². The molecule has 1 nitrogen and oxygen atoms in total. The first-order valence-electron chi connectivity index (χ1n) is 5.70. The van der Waals surface area contributed by atoms with Gasteiger partial charge in [-0.25, -0.2) is 0 Å². The van der Waals surface area contributed by atoms with Crippen molar-refractivity contribution in [1.82, 2.24) is 0 Å². The summed E-state index contributed by atoms with van der Waals surface area (Å²) in [5.41, 5.74) is 6.88. The van der Waals surface area contributed by atoms with Crippen LogP contribution in [-0.4, -0.2) is 6.54 Å². The molecular formula is C15H15N. The molecule has 0 spiro atoms. The second kappa shape index (κ2) is 3.38. The van der Waals surface area contributed by atoms with Gasteiger partial charge in [-0.2, -0.15) is 0 Å². The van der Waals surface area contributed by atoms with Crippen LogP contribution in [0.3, 0.4) is 0 Å². The van der Waals surface area contributed by atoms with Crippen molar-refractivity contribution in [2.24, 2.45) is 0 Å². The number of allylic oxidation sites excluding steroid dienone is 3. The van der Waals surface area contributed by atoms with Gasteiger partial charge >= 0.3 is 0 Å². The van der Waals surface area contributed by atoms with E-state index in [9.17, 15) is 0 Å². The highest BCUT2D eigenvalue weighted by Gasteiger charge is 2.26. The predicted molar refractivity (Wildman–Crippen MR) is 68.3 cm³/mol. The van der Waals surface area contributed by atoms with Crippen molar-refractivity contribution < 1.29 is 0 Å². The first-order valence-corrected chi connectivity index (χ1v) is 5.70. The van der Waals surface area contributed by atoms with E-state index in [1.54, 1.807) is 0 Å². The van der Waals surface area contributed by atoms with Crippen LogP contribution >= 0.6 is 0 Å². The van der Waals surface area contributed by atoms with Gasteiger partial charge in [0, 0.05) is 17.9 Å². The molecule has 0 bridgehead atoms. The van der Waals surface area contributed by atoms with Gasteiger partial charge in [0.25, 0.3) is 0 Å². The van der Waals surface area contributed by atoms with Crippen molar-refractivity contribution in [3.8, 4) is 0 Å². The van der Waals surface area contributed by atoms with Crippen LogP contribution in [0.25, 0.3) is 0 Å². The van der Waals surface area contributed by atoms with Crippen molar-refractivity contribution in [2.45, 2.75) is 13.8 Å². The molecule has 0 amide bonds. The Kier molecular flexibility index (Phi) is 2.00. The average Bonchev–Trinajstić information content (AvgIpc) is 2.83. The van der Waals surface area contributed by atoms with E-state index in [0.717, 1.165) is 6.54 Å². The Hall–Kier alpha value is -1.76. The monoisotopic (exact) mass is 209 g/mol. The van der Waals surface area contributed by atoms with Crippen LogP contribution in [0.1, 0.15) is 13.8 Å². The zero-order valence-corrected chi connectivity index (χ0v) is 9.70. The summed E-state index contributed by atoms with van der Waals surface area (Å²) < 4.78 is 0. The Morgan fingerprint density at radius 3 is 2.56 bits per heavy atom. The van der Waals surface area contributed by atoms with Gasteiger partial charge in [-0.15, -0.1) is 0 Å². The number of hydrogen-bond acceptors (Lipinski definition) is 1. The summed E-state index contributed by atoms with van der Waals surface area (Å²) in [7, 11) is 0. The second-order valence-electron chi connectivity index (χ2n) is 4.40. The lowest BCUT2D eigenvalue weighted by molar-refractivity contribution is 1.09. The summed E-state index contributed by atoms with van der Waals surface area (Å²) >= 11 is 0. The van der Waals surface area contributed by atoms with E-state index in [-0.39, 0.29) is 0 Å². The molecule has 1 aliphatic carbocycles. The Labute approximate surface area is 96.4 Å². The van der Waals surface area contributed by atoms with Gasteiger partial charge in [0.1, 0.15) is 0 Å². The third-order valence-electron chi connectivity index (χ3n) is 3.46. The molecule has 0 atom stereocenters. The molecular weight excluding hydrogens is 194 g/mol. The first kappa shape index (κ1) is 9.46. The number of para-hydroxylation sites is 1. The van der Waals surface area contributed by atoms with Gasteiger partial charge < -0.3 is 4.90 Å². The van der Waals surface area contributed by atoms with E-state index < -0.39 is 0 Å². The summed E-state index contributed by atoms with van der Waals surface area (Å²) in [6.45, 7) is 5.39. The van der Waals surface area contributed by atoms with Gasteiger partial charge in [0.05, 0.1) is 0 Å². The van der Waals surface area contributed by atoms with Crippen LogP contribution in [0.2, 0.25) is 0 Å². The SMILES string of the molecule is CC1=C(C)C2=CCN(c3ccccc3)C2=C1. The molecule has 0 aromatic heterocycles. The average molecular weight is 209 g/mol. The van der Waals surface area contributed by atoms with Gasteiger partial charge in [0.15, 0.2) is 0 Å². The molecule has 1 heterocycles. The van der Waals surface area contributed by atoms with E-state index in [1.807, 2.05) is 0 Å². The van der Waals surface area contributed by atoms with E-state index >= 15 is 0 Å². The lowest BCUT2D eigenvalue weighted by Gasteiger charge is -2.20. The molecule has 0 radical (unpaired) electrons. The number of benzene rings is 1. The minimum Gasteiger partial charge on any atom is -0.337 e. The van der Waals surface area contributed by atoms with Gasteiger partial charge in [-0.05, 0) is 48.8 Å². The van der Waals surface area contributed by atoms with Crippen molar-refractivity contribution in [3.05, 3.63) is 64.9 Å². The fraction of sp³-hybridized carbons (Fsp3) is 0.200. The summed E-state index contributed by atoms with van der Waals surface area (Å²) in [5.74, 6) is 0. The Morgan fingerprint density at radius 2 is 1.81 bits per heavy atom. The molecule has 1 heteroatoms. The highest BCUT2D eigenvalue weighted by atomic mass is 15.2. The lowest BCUT2D eigenvalue weighted by Crippen LogP contribution is -2.17. The van der Waals surface area contributed by atoms with Gasteiger partial charge in [-0.3, -0.25) is 0 Å². The van der Waals surface area contributed by atoms with E-state index in [1.165, 1.54) is 28.1 Å².